The molecule has 2 heteroatoms. The number of ether oxygens (including phenoxy) is 1. The van der Waals surface area contributed by atoms with Crippen molar-refractivity contribution < 1.29 is 4.74 Å². The summed E-state index contributed by atoms with van der Waals surface area (Å²) in [6.45, 7) is 12.0. The number of hydrogen-bond donors (Lipinski definition) is 1. The van der Waals surface area contributed by atoms with Crippen LogP contribution in [0.4, 0.5) is 0 Å². The fraction of sp³-hybridized carbons (Fsp3) is 0.625. The van der Waals surface area contributed by atoms with E-state index in [1.54, 1.807) is 7.11 Å². The van der Waals surface area contributed by atoms with Crippen molar-refractivity contribution in [2.75, 3.05) is 13.7 Å². The smallest absolute Gasteiger partial charge is 0.122 e. The summed E-state index contributed by atoms with van der Waals surface area (Å²) in [6, 6.07) is 4.27. The standard InChI is InChI=1S/C16H27NO/c1-12-13(2)15(18-6)10-9-14(12)8-7-11-17-16(3,4)5/h9-10,17H,7-8,11H2,1-6H3. The molecule has 0 bridgehead atoms. The van der Waals surface area contributed by atoms with Gasteiger partial charge in [-0.15, -0.1) is 0 Å². The van der Waals surface area contributed by atoms with Gasteiger partial charge in [0.05, 0.1) is 7.11 Å². The van der Waals surface area contributed by atoms with E-state index in [1.165, 1.54) is 23.1 Å². The van der Waals surface area contributed by atoms with Crippen molar-refractivity contribution in [1.29, 1.82) is 0 Å². The Bertz CT molecular complexity index is 391. The zero-order valence-electron chi connectivity index (χ0n) is 12.7. The summed E-state index contributed by atoms with van der Waals surface area (Å²) in [5.41, 5.74) is 4.28. The van der Waals surface area contributed by atoms with Gasteiger partial charge in [0.2, 0.25) is 0 Å². The van der Waals surface area contributed by atoms with E-state index < -0.39 is 0 Å². The highest BCUT2D eigenvalue weighted by molar-refractivity contribution is 5.43. The molecule has 1 rings (SSSR count). The molecule has 0 aromatic heterocycles. The van der Waals surface area contributed by atoms with Crippen molar-refractivity contribution in [3.8, 4) is 5.75 Å². The van der Waals surface area contributed by atoms with E-state index >= 15 is 0 Å². The van der Waals surface area contributed by atoms with Crippen LogP contribution in [0.1, 0.15) is 43.9 Å². The molecule has 102 valence electrons. The first-order valence-electron chi connectivity index (χ1n) is 6.73. The largest absolute Gasteiger partial charge is 0.496 e. The Kier molecular flexibility index (Phi) is 5.21. The molecule has 1 aromatic carbocycles. The van der Waals surface area contributed by atoms with Gasteiger partial charge in [0.15, 0.2) is 0 Å². The van der Waals surface area contributed by atoms with E-state index in [2.05, 4.69) is 52.1 Å². The lowest BCUT2D eigenvalue weighted by Crippen LogP contribution is -2.36. The Morgan fingerprint density at radius 2 is 1.78 bits per heavy atom. The van der Waals surface area contributed by atoms with Crippen molar-refractivity contribution in [2.24, 2.45) is 0 Å². The lowest BCUT2D eigenvalue weighted by molar-refractivity contribution is 0.410. The molecular weight excluding hydrogens is 222 g/mol. The molecule has 1 N–H and O–H groups in total. The maximum absolute atomic E-state index is 5.34. The molecule has 0 heterocycles. The normalized spacial score (nSPS) is 11.7. The number of hydrogen-bond acceptors (Lipinski definition) is 2. The van der Waals surface area contributed by atoms with E-state index in [1.807, 2.05) is 0 Å². The van der Waals surface area contributed by atoms with Crippen LogP contribution >= 0.6 is 0 Å². The summed E-state index contributed by atoms with van der Waals surface area (Å²) in [4.78, 5) is 0. The van der Waals surface area contributed by atoms with Crippen LogP contribution in [0.5, 0.6) is 5.75 Å². The summed E-state index contributed by atoms with van der Waals surface area (Å²) in [5.74, 6) is 0.990. The zero-order chi connectivity index (χ0) is 13.8. The molecule has 0 aliphatic heterocycles. The molecule has 0 spiro atoms. The second-order valence-corrected chi connectivity index (χ2v) is 5.96. The average molecular weight is 249 g/mol. The van der Waals surface area contributed by atoms with Gasteiger partial charge in [-0.05, 0) is 76.8 Å². The summed E-state index contributed by atoms with van der Waals surface area (Å²) in [5, 5.41) is 3.52. The minimum Gasteiger partial charge on any atom is -0.496 e. The average Bonchev–Trinajstić information content (AvgIpc) is 2.28. The fourth-order valence-electron chi connectivity index (χ4n) is 2.09. The van der Waals surface area contributed by atoms with Gasteiger partial charge >= 0.3 is 0 Å². The van der Waals surface area contributed by atoms with Gasteiger partial charge in [0, 0.05) is 5.54 Å². The first kappa shape index (κ1) is 15.0. The third-order valence-corrected chi connectivity index (χ3v) is 3.35. The molecule has 0 fully saturated rings. The van der Waals surface area contributed by atoms with Gasteiger partial charge in [-0.3, -0.25) is 0 Å². The molecular formula is C16H27NO. The van der Waals surface area contributed by atoms with E-state index in [0.717, 1.165) is 18.7 Å². The van der Waals surface area contributed by atoms with Gasteiger partial charge in [0.1, 0.15) is 5.75 Å². The van der Waals surface area contributed by atoms with Crippen LogP contribution in [0.15, 0.2) is 12.1 Å². The van der Waals surface area contributed by atoms with E-state index in [9.17, 15) is 0 Å². The molecule has 0 aliphatic rings. The van der Waals surface area contributed by atoms with Crippen molar-refractivity contribution >= 4 is 0 Å². The molecule has 18 heavy (non-hydrogen) atoms. The second kappa shape index (κ2) is 6.24. The third-order valence-electron chi connectivity index (χ3n) is 3.35. The minimum atomic E-state index is 0.213. The number of methoxy groups -OCH3 is 1. The fourth-order valence-corrected chi connectivity index (χ4v) is 2.09. The SMILES string of the molecule is COc1ccc(CCCNC(C)(C)C)c(C)c1C. The highest BCUT2D eigenvalue weighted by Crippen LogP contribution is 2.24. The van der Waals surface area contributed by atoms with E-state index in [0.29, 0.717) is 0 Å². The van der Waals surface area contributed by atoms with Crippen LogP contribution in [0.3, 0.4) is 0 Å². The van der Waals surface area contributed by atoms with Crippen molar-refractivity contribution in [1.82, 2.24) is 5.32 Å². The monoisotopic (exact) mass is 249 g/mol. The van der Waals surface area contributed by atoms with Crippen LogP contribution < -0.4 is 10.1 Å². The summed E-state index contributed by atoms with van der Waals surface area (Å²) >= 11 is 0. The summed E-state index contributed by atoms with van der Waals surface area (Å²) in [6.07, 6.45) is 2.30. The van der Waals surface area contributed by atoms with Crippen LogP contribution in [0.25, 0.3) is 0 Å². The van der Waals surface area contributed by atoms with Crippen molar-refractivity contribution in [3.63, 3.8) is 0 Å². The maximum atomic E-state index is 5.34. The Morgan fingerprint density at radius 1 is 1.11 bits per heavy atom. The van der Waals surface area contributed by atoms with Gasteiger partial charge in [-0.2, -0.15) is 0 Å². The van der Waals surface area contributed by atoms with Gasteiger partial charge in [-0.25, -0.2) is 0 Å². The molecule has 0 unspecified atom stereocenters. The van der Waals surface area contributed by atoms with Crippen molar-refractivity contribution in [3.05, 3.63) is 28.8 Å². The van der Waals surface area contributed by atoms with Crippen molar-refractivity contribution in [2.45, 2.75) is 53.0 Å². The molecule has 0 radical (unpaired) electrons. The molecule has 0 aliphatic carbocycles. The van der Waals surface area contributed by atoms with E-state index in [4.69, 9.17) is 4.74 Å². The highest BCUT2D eigenvalue weighted by atomic mass is 16.5. The molecule has 0 atom stereocenters. The molecule has 0 amide bonds. The number of nitrogens with one attached hydrogen (secondary N) is 1. The Hall–Kier alpha value is -1.02. The topological polar surface area (TPSA) is 21.3 Å². The molecule has 0 saturated heterocycles. The second-order valence-electron chi connectivity index (χ2n) is 5.96. The molecule has 1 aromatic rings. The Balaban J connectivity index is 2.56. The highest BCUT2D eigenvalue weighted by Gasteiger charge is 2.09. The third kappa shape index (κ3) is 4.34. The van der Waals surface area contributed by atoms with Crippen LogP contribution in [0.2, 0.25) is 0 Å². The number of rotatable bonds is 5. The minimum absolute atomic E-state index is 0.213. The van der Waals surface area contributed by atoms with Gasteiger partial charge in [-0.1, -0.05) is 6.07 Å². The Morgan fingerprint density at radius 3 is 2.33 bits per heavy atom. The number of aryl methyl sites for hydroxylation is 1. The summed E-state index contributed by atoms with van der Waals surface area (Å²) < 4.78 is 5.34. The zero-order valence-corrected chi connectivity index (χ0v) is 12.7. The maximum Gasteiger partial charge on any atom is 0.122 e. The van der Waals surface area contributed by atoms with Crippen LogP contribution in [0, 0.1) is 13.8 Å². The molecule has 0 saturated carbocycles. The first-order chi connectivity index (χ1) is 8.35. The lowest BCUT2D eigenvalue weighted by atomic mass is 9.98. The number of benzene rings is 1. The quantitative estimate of drug-likeness (QED) is 0.805. The summed E-state index contributed by atoms with van der Waals surface area (Å²) in [7, 11) is 1.73. The Labute approximate surface area is 112 Å². The van der Waals surface area contributed by atoms with Gasteiger partial charge in [0.25, 0.3) is 0 Å². The van der Waals surface area contributed by atoms with Gasteiger partial charge < -0.3 is 10.1 Å². The predicted molar refractivity (Wildman–Crippen MR) is 78.5 cm³/mol. The van der Waals surface area contributed by atoms with Crippen LogP contribution in [-0.4, -0.2) is 19.2 Å². The van der Waals surface area contributed by atoms with E-state index in [-0.39, 0.29) is 5.54 Å². The van der Waals surface area contributed by atoms with Crippen LogP contribution in [-0.2, 0) is 6.42 Å². The molecule has 2 nitrogen and oxygen atoms in total. The predicted octanol–water partition coefficient (Wildman–Crippen LogP) is 3.63. The first-order valence-corrected chi connectivity index (χ1v) is 6.73. The lowest BCUT2D eigenvalue weighted by Gasteiger charge is -2.20.